The van der Waals surface area contributed by atoms with Gasteiger partial charge < -0.3 is 19.8 Å². The van der Waals surface area contributed by atoms with E-state index in [-0.39, 0.29) is 99.5 Å². The van der Waals surface area contributed by atoms with Gasteiger partial charge in [0.2, 0.25) is 0 Å². The Bertz CT molecular complexity index is 461. The fraction of sp³-hybridized carbons (Fsp3) is 0.944. The molecule has 0 heterocycles. The Morgan fingerprint density at radius 1 is 0.333 bits per heavy atom. The summed E-state index contributed by atoms with van der Waals surface area (Å²) in [6.07, 6.45) is 39.7. The second-order valence-electron chi connectivity index (χ2n) is 12.1. The summed E-state index contributed by atoms with van der Waals surface area (Å²) in [5.41, 5.74) is 0. The summed E-state index contributed by atoms with van der Waals surface area (Å²) in [6.45, 7) is 4.53. The van der Waals surface area contributed by atoms with Crippen molar-refractivity contribution in [1.29, 1.82) is 0 Å². The summed E-state index contributed by atoms with van der Waals surface area (Å²) in [7, 11) is 0. The molecule has 6 heteroatoms. The Morgan fingerprint density at radius 2 is 0.476 bits per heavy atom. The van der Waals surface area contributed by atoms with Crippen LogP contribution in [0.1, 0.15) is 219 Å². The van der Waals surface area contributed by atoms with Gasteiger partial charge in [0, 0.05) is 11.9 Å². The fourth-order valence-electron chi connectivity index (χ4n) is 5.28. The molecule has 0 saturated carbocycles. The number of hydrogen-bond acceptors (Lipinski definition) is 4. The predicted molar refractivity (Wildman–Crippen MR) is 181 cm³/mol. The van der Waals surface area contributed by atoms with Crippen molar-refractivity contribution < 1.29 is 19.8 Å². The molecule has 0 N–H and O–H groups in total. The van der Waals surface area contributed by atoms with Gasteiger partial charge in [-0.2, -0.15) is 0 Å². The molecule has 0 aromatic heterocycles. The Balaban J connectivity index is -0.000000328. The van der Waals surface area contributed by atoms with Crippen LogP contribution in [0.3, 0.4) is 0 Å². The number of rotatable bonds is 32. The van der Waals surface area contributed by atoms with E-state index in [0.29, 0.717) is 0 Å². The number of unbranched alkanes of at least 4 members (excludes halogenated alkanes) is 28. The first-order valence-electron chi connectivity index (χ1n) is 17.9. The van der Waals surface area contributed by atoms with E-state index < -0.39 is 11.9 Å². The van der Waals surface area contributed by atoms with E-state index in [0.717, 1.165) is 25.7 Å². The maximum absolute atomic E-state index is 10.2. The molecular weight excluding hydrogens is 674 g/mol. The van der Waals surface area contributed by atoms with Gasteiger partial charge in [-0.1, -0.05) is 194 Å². The van der Waals surface area contributed by atoms with Gasteiger partial charge in [-0.3, -0.25) is 0 Å². The number of aliphatic carboxylic acids is 2. The normalized spacial score (nSPS) is 10.3. The second-order valence-corrected chi connectivity index (χ2v) is 12.1. The molecule has 0 amide bonds. The van der Waals surface area contributed by atoms with Crippen LogP contribution < -0.4 is 10.2 Å². The summed E-state index contributed by atoms with van der Waals surface area (Å²) in [5.74, 6) is -1.81. The van der Waals surface area contributed by atoms with Crippen molar-refractivity contribution in [3.8, 4) is 0 Å². The monoisotopic (exact) mass is 744 g/mol. The van der Waals surface area contributed by atoms with Crippen LogP contribution >= 0.6 is 0 Å². The van der Waals surface area contributed by atoms with Crippen molar-refractivity contribution >= 4 is 98.6 Å². The van der Waals surface area contributed by atoms with Crippen molar-refractivity contribution in [1.82, 2.24) is 0 Å². The van der Waals surface area contributed by atoms with Crippen LogP contribution in [-0.2, 0) is 9.59 Å². The van der Waals surface area contributed by atoms with Crippen LogP contribution in [0.4, 0.5) is 0 Å². The quantitative estimate of drug-likeness (QED) is 0.0509. The van der Waals surface area contributed by atoms with Crippen molar-refractivity contribution in [3.63, 3.8) is 0 Å². The van der Waals surface area contributed by atoms with E-state index in [1.807, 2.05) is 0 Å². The van der Waals surface area contributed by atoms with Crippen LogP contribution in [0.25, 0.3) is 0 Å². The van der Waals surface area contributed by atoms with Crippen molar-refractivity contribution in [2.24, 2.45) is 0 Å². The summed E-state index contributed by atoms with van der Waals surface area (Å²) in [5, 5.41) is 20.4. The zero-order valence-corrected chi connectivity index (χ0v) is 35.3. The van der Waals surface area contributed by atoms with Gasteiger partial charge in [-0.25, -0.2) is 0 Å². The van der Waals surface area contributed by atoms with E-state index in [2.05, 4.69) is 13.8 Å². The van der Waals surface area contributed by atoms with Crippen molar-refractivity contribution in [2.75, 3.05) is 0 Å². The molecule has 0 saturated heterocycles. The SMILES string of the molecule is CCCCCCCCCCCCCCCCCC(=O)[O-].CCCCCCCCCCCCCCCCCC(=O)[O-].[Ba+2].[Ca+2]. The Labute approximate surface area is 333 Å². The standard InChI is InChI=1S/2C18H36O2.Ba.Ca/c2*1-2-3-4-5-6-7-8-9-10-11-12-13-14-15-16-17-18(19)20;;/h2*2-17H2,1H3,(H,19,20);;/q;;2*+2/p-2. The van der Waals surface area contributed by atoms with Gasteiger partial charge in [0.05, 0.1) is 0 Å². The molecule has 0 bridgehead atoms. The molecule has 0 aliphatic carbocycles. The molecule has 4 nitrogen and oxygen atoms in total. The first-order valence-corrected chi connectivity index (χ1v) is 17.9. The first kappa shape index (κ1) is 50.6. The number of carboxylic acids is 2. The van der Waals surface area contributed by atoms with E-state index in [9.17, 15) is 19.8 Å². The molecule has 42 heavy (non-hydrogen) atoms. The third-order valence-corrected chi connectivity index (χ3v) is 7.97. The molecular formula is C36H70BaCaO4+2. The smallest absolute Gasteiger partial charge is 0.550 e. The van der Waals surface area contributed by atoms with Gasteiger partial charge in [-0.05, 0) is 25.7 Å². The molecule has 0 aliphatic rings. The number of carboxylic acid groups (broad SMARTS) is 2. The van der Waals surface area contributed by atoms with Crippen molar-refractivity contribution in [2.45, 2.75) is 219 Å². The van der Waals surface area contributed by atoms with Gasteiger partial charge in [0.15, 0.2) is 0 Å². The summed E-state index contributed by atoms with van der Waals surface area (Å²) in [4.78, 5) is 20.4. The largest absolute Gasteiger partial charge is 2.00 e. The molecule has 0 unspecified atom stereocenters. The summed E-state index contributed by atoms with van der Waals surface area (Å²) in [6, 6.07) is 0. The summed E-state index contributed by atoms with van der Waals surface area (Å²) < 4.78 is 0. The second kappa shape index (κ2) is 47.2. The Hall–Kier alpha value is 1.77. The molecule has 0 atom stereocenters. The number of hydrogen-bond donors (Lipinski definition) is 0. The molecule has 0 aromatic carbocycles. The van der Waals surface area contributed by atoms with E-state index >= 15 is 0 Å². The first-order chi connectivity index (χ1) is 19.5. The minimum atomic E-state index is -0.903. The van der Waals surface area contributed by atoms with Crippen molar-refractivity contribution in [3.05, 3.63) is 0 Å². The molecule has 0 aliphatic heterocycles. The maximum atomic E-state index is 10.2. The van der Waals surface area contributed by atoms with Gasteiger partial charge in [0.1, 0.15) is 0 Å². The molecule has 0 aromatic rings. The Kier molecular flexibility index (Phi) is 56.9. The zero-order valence-electron chi connectivity index (χ0n) is 28.7. The topological polar surface area (TPSA) is 80.3 Å². The average molecular weight is 744 g/mol. The summed E-state index contributed by atoms with van der Waals surface area (Å²) >= 11 is 0. The number of carbonyl (C=O) groups excluding carboxylic acids is 2. The van der Waals surface area contributed by atoms with Gasteiger partial charge >= 0.3 is 86.6 Å². The van der Waals surface area contributed by atoms with Crippen LogP contribution in [0, 0.1) is 0 Å². The van der Waals surface area contributed by atoms with E-state index in [1.165, 1.54) is 167 Å². The molecule has 0 radical (unpaired) electrons. The van der Waals surface area contributed by atoms with Crippen LogP contribution in [0.2, 0.25) is 0 Å². The van der Waals surface area contributed by atoms with Gasteiger partial charge in [0.25, 0.3) is 0 Å². The zero-order chi connectivity index (χ0) is 29.8. The molecule has 0 fully saturated rings. The van der Waals surface area contributed by atoms with Crippen LogP contribution in [0.15, 0.2) is 0 Å². The van der Waals surface area contributed by atoms with Crippen LogP contribution in [-0.4, -0.2) is 98.6 Å². The predicted octanol–water partition coefficient (Wildman–Crippen LogP) is 9.23. The third-order valence-electron chi connectivity index (χ3n) is 7.97. The van der Waals surface area contributed by atoms with Crippen LogP contribution in [0.5, 0.6) is 0 Å². The maximum Gasteiger partial charge on any atom is 2.00 e. The molecule has 240 valence electrons. The molecule has 0 rings (SSSR count). The fourth-order valence-corrected chi connectivity index (χ4v) is 5.28. The molecule has 0 spiro atoms. The minimum absolute atomic E-state index is 0. The van der Waals surface area contributed by atoms with Gasteiger partial charge in [-0.15, -0.1) is 0 Å². The van der Waals surface area contributed by atoms with E-state index in [4.69, 9.17) is 0 Å². The third kappa shape index (κ3) is 54.3. The Morgan fingerprint density at radius 3 is 0.619 bits per heavy atom. The number of carbonyl (C=O) groups is 2. The minimum Gasteiger partial charge on any atom is -0.550 e. The average Bonchev–Trinajstić information content (AvgIpc) is 2.93. The van der Waals surface area contributed by atoms with E-state index in [1.54, 1.807) is 0 Å².